The van der Waals surface area contributed by atoms with Crippen molar-refractivity contribution in [1.82, 2.24) is 9.97 Å². The number of rotatable bonds is 3. The summed E-state index contributed by atoms with van der Waals surface area (Å²) in [6.45, 7) is 0. The normalized spacial score (nSPS) is 10.5. The van der Waals surface area contributed by atoms with E-state index in [-0.39, 0.29) is 11.3 Å². The van der Waals surface area contributed by atoms with Crippen molar-refractivity contribution in [3.05, 3.63) is 54.5 Å². The molecule has 0 bridgehead atoms. The van der Waals surface area contributed by atoms with Gasteiger partial charge in [-0.3, -0.25) is 4.98 Å². The van der Waals surface area contributed by atoms with Gasteiger partial charge in [-0.15, -0.1) is 0 Å². The molecule has 1 aromatic carbocycles. The van der Waals surface area contributed by atoms with Crippen molar-refractivity contribution in [2.75, 3.05) is 11.1 Å². The highest BCUT2D eigenvalue weighted by Crippen LogP contribution is 2.25. The van der Waals surface area contributed by atoms with Crippen LogP contribution >= 0.6 is 0 Å². The minimum atomic E-state index is -1.09. The molecule has 2 heterocycles. The van der Waals surface area contributed by atoms with Crippen molar-refractivity contribution in [1.29, 1.82) is 0 Å². The fraction of sp³-hybridized carbons (Fsp3) is 0. The minimum Gasteiger partial charge on any atom is -0.478 e. The molecule has 3 aromatic rings. The Morgan fingerprint density at radius 2 is 2.10 bits per heavy atom. The molecule has 0 fully saturated rings. The van der Waals surface area contributed by atoms with E-state index in [9.17, 15) is 4.79 Å². The maximum atomic E-state index is 11.1. The minimum absolute atomic E-state index is 0.0193. The van der Waals surface area contributed by atoms with Crippen LogP contribution in [-0.2, 0) is 0 Å². The van der Waals surface area contributed by atoms with Crippen LogP contribution in [0.5, 0.6) is 0 Å². The number of carbonyl (C=O) groups is 1. The van der Waals surface area contributed by atoms with E-state index in [4.69, 9.17) is 10.8 Å². The van der Waals surface area contributed by atoms with Crippen molar-refractivity contribution in [3.63, 3.8) is 0 Å². The molecule has 0 spiro atoms. The predicted molar refractivity (Wildman–Crippen MR) is 80.6 cm³/mol. The van der Waals surface area contributed by atoms with Crippen molar-refractivity contribution in [3.8, 4) is 0 Å². The topological polar surface area (TPSA) is 101 Å². The second kappa shape index (κ2) is 5.09. The first-order valence-electron chi connectivity index (χ1n) is 6.24. The summed E-state index contributed by atoms with van der Waals surface area (Å²) in [6.07, 6.45) is 4.79. The molecule has 104 valence electrons. The molecule has 0 radical (unpaired) electrons. The van der Waals surface area contributed by atoms with Gasteiger partial charge in [0.05, 0.1) is 17.4 Å². The Hall–Kier alpha value is -3.15. The lowest BCUT2D eigenvalue weighted by Crippen LogP contribution is -2.05. The van der Waals surface area contributed by atoms with Crippen LogP contribution in [0.2, 0.25) is 0 Å². The van der Waals surface area contributed by atoms with Crippen LogP contribution in [0.15, 0.2) is 48.9 Å². The van der Waals surface area contributed by atoms with Crippen LogP contribution in [-0.4, -0.2) is 21.0 Å². The molecule has 2 aromatic heterocycles. The van der Waals surface area contributed by atoms with Crippen LogP contribution in [0, 0.1) is 0 Å². The lowest BCUT2D eigenvalue weighted by Gasteiger charge is -2.10. The molecule has 0 unspecified atom stereocenters. The Labute approximate surface area is 120 Å². The molecule has 3 rings (SSSR count). The van der Waals surface area contributed by atoms with Gasteiger partial charge < -0.3 is 16.2 Å². The quantitative estimate of drug-likeness (QED) is 0.681. The fourth-order valence-corrected chi connectivity index (χ4v) is 2.08. The maximum absolute atomic E-state index is 11.1. The molecule has 0 aliphatic rings. The first-order chi connectivity index (χ1) is 10.1. The summed E-state index contributed by atoms with van der Waals surface area (Å²) in [5.74, 6) is -0.671. The summed E-state index contributed by atoms with van der Waals surface area (Å²) >= 11 is 0. The molecule has 0 amide bonds. The number of aromatic nitrogens is 2. The van der Waals surface area contributed by atoms with E-state index in [0.717, 1.165) is 16.5 Å². The second-order valence-electron chi connectivity index (χ2n) is 4.49. The molecular formula is C15H12N4O2. The van der Waals surface area contributed by atoms with Gasteiger partial charge in [-0.25, -0.2) is 9.78 Å². The standard InChI is InChI=1S/C15H12N4O2/c16-12-8-18-14(6-10(12)15(20)21)19-13-3-1-2-9-4-5-17-7-11(9)13/h1-8H,16H2,(H,18,19)(H,20,21). The highest BCUT2D eigenvalue weighted by Gasteiger charge is 2.10. The van der Waals surface area contributed by atoms with E-state index in [2.05, 4.69) is 15.3 Å². The molecular weight excluding hydrogens is 268 g/mol. The highest BCUT2D eigenvalue weighted by atomic mass is 16.4. The third-order valence-electron chi connectivity index (χ3n) is 3.11. The lowest BCUT2D eigenvalue weighted by atomic mass is 10.1. The fourth-order valence-electron chi connectivity index (χ4n) is 2.08. The number of benzene rings is 1. The summed E-state index contributed by atoms with van der Waals surface area (Å²) in [6, 6.07) is 9.07. The largest absolute Gasteiger partial charge is 0.478 e. The average Bonchev–Trinajstić information content (AvgIpc) is 2.49. The number of carboxylic acids is 1. The van der Waals surface area contributed by atoms with Gasteiger partial charge in [0.25, 0.3) is 0 Å². The van der Waals surface area contributed by atoms with Crippen molar-refractivity contribution >= 4 is 33.9 Å². The molecule has 0 saturated heterocycles. The summed E-state index contributed by atoms with van der Waals surface area (Å²) < 4.78 is 0. The zero-order valence-electron chi connectivity index (χ0n) is 10.9. The first-order valence-corrected chi connectivity index (χ1v) is 6.24. The monoisotopic (exact) mass is 280 g/mol. The number of hydrogen-bond acceptors (Lipinski definition) is 5. The van der Waals surface area contributed by atoms with Gasteiger partial charge >= 0.3 is 5.97 Å². The van der Waals surface area contributed by atoms with Crippen molar-refractivity contribution < 1.29 is 9.90 Å². The van der Waals surface area contributed by atoms with Crippen LogP contribution in [0.1, 0.15) is 10.4 Å². The van der Waals surface area contributed by atoms with Gasteiger partial charge in [-0.05, 0) is 23.6 Å². The molecule has 6 nitrogen and oxygen atoms in total. The SMILES string of the molecule is Nc1cnc(Nc2cccc3ccncc23)cc1C(=O)O. The zero-order chi connectivity index (χ0) is 14.8. The van der Waals surface area contributed by atoms with Gasteiger partial charge in [0, 0.05) is 23.5 Å². The molecule has 0 aliphatic carbocycles. The summed E-state index contributed by atoms with van der Waals surface area (Å²) in [4.78, 5) is 19.3. The van der Waals surface area contributed by atoms with Crippen LogP contribution in [0.3, 0.4) is 0 Å². The maximum Gasteiger partial charge on any atom is 0.337 e. The molecule has 4 N–H and O–H groups in total. The highest BCUT2D eigenvalue weighted by molar-refractivity contribution is 5.96. The smallest absolute Gasteiger partial charge is 0.337 e. The van der Waals surface area contributed by atoms with Gasteiger partial charge in [-0.2, -0.15) is 0 Å². The van der Waals surface area contributed by atoms with Crippen LogP contribution in [0.25, 0.3) is 10.8 Å². The number of pyridine rings is 2. The molecule has 21 heavy (non-hydrogen) atoms. The number of hydrogen-bond donors (Lipinski definition) is 3. The molecule has 0 aliphatic heterocycles. The second-order valence-corrected chi connectivity index (χ2v) is 4.49. The van der Waals surface area contributed by atoms with Gasteiger partial charge in [0.15, 0.2) is 0 Å². The number of fused-ring (bicyclic) bond motifs is 1. The number of nitrogens with zero attached hydrogens (tertiary/aromatic N) is 2. The lowest BCUT2D eigenvalue weighted by molar-refractivity contribution is 0.0698. The van der Waals surface area contributed by atoms with Crippen LogP contribution < -0.4 is 11.1 Å². The number of nitrogens with one attached hydrogen (secondary N) is 1. The predicted octanol–water partition coefficient (Wildman–Crippen LogP) is 2.65. The third-order valence-corrected chi connectivity index (χ3v) is 3.11. The van der Waals surface area contributed by atoms with E-state index < -0.39 is 5.97 Å². The molecule has 0 saturated carbocycles. The van der Waals surface area contributed by atoms with E-state index in [1.165, 1.54) is 12.3 Å². The third kappa shape index (κ3) is 2.46. The van der Waals surface area contributed by atoms with Crippen LogP contribution in [0.4, 0.5) is 17.2 Å². The van der Waals surface area contributed by atoms with Gasteiger partial charge in [0.1, 0.15) is 5.82 Å². The Morgan fingerprint density at radius 3 is 2.90 bits per heavy atom. The van der Waals surface area contributed by atoms with Crippen molar-refractivity contribution in [2.45, 2.75) is 0 Å². The summed E-state index contributed by atoms with van der Waals surface area (Å²) in [7, 11) is 0. The van der Waals surface area contributed by atoms with E-state index >= 15 is 0 Å². The number of nitrogen functional groups attached to an aromatic ring is 1. The Morgan fingerprint density at radius 1 is 1.24 bits per heavy atom. The first kappa shape index (κ1) is 12.9. The number of nitrogens with two attached hydrogens (primary N) is 1. The van der Waals surface area contributed by atoms with Gasteiger partial charge in [0.2, 0.25) is 0 Å². The van der Waals surface area contributed by atoms with E-state index in [1.807, 2.05) is 24.3 Å². The summed E-state index contributed by atoms with van der Waals surface area (Å²) in [5, 5.41) is 14.1. The van der Waals surface area contributed by atoms with Gasteiger partial charge in [-0.1, -0.05) is 12.1 Å². The Bertz CT molecular complexity index is 828. The zero-order valence-corrected chi connectivity index (χ0v) is 10.9. The number of anilines is 3. The van der Waals surface area contributed by atoms with E-state index in [1.54, 1.807) is 12.4 Å². The van der Waals surface area contributed by atoms with E-state index in [0.29, 0.717) is 5.82 Å². The Balaban J connectivity index is 2.03. The number of carboxylic acid groups (broad SMARTS) is 1. The average molecular weight is 280 g/mol. The summed E-state index contributed by atoms with van der Waals surface area (Å²) in [5.41, 5.74) is 6.54. The molecule has 0 atom stereocenters. The van der Waals surface area contributed by atoms with Crippen molar-refractivity contribution in [2.24, 2.45) is 0 Å². The number of aromatic carboxylic acids is 1. The molecule has 6 heteroatoms. The Kier molecular flexibility index (Phi) is 3.12.